The highest BCUT2D eigenvalue weighted by atomic mass is 19.4. The van der Waals surface area contributed by atoms with Crippen molar-refractivity contribution >= 4 is 11.7 Å². The number of carbonyl (C=O) groups excluding carboxylic acids is 2. The number of halogens is 3. The summed E-state index contributed by atoms with van der Waals surface area (Å²) in [6.07, 6.45) is -3.01. The zero-order chi connectivity index (χ0) is 23.2. The number of amides is 1. The van der Waals surface area contributed by atoms with Crippen molar-refractivity contribution in [1.82, 2.24) is 15.1 Å². The number of carbonyl (C=O) groups is 2. The standard InChI is InChI=1S/C23H22F3N3O3/c1-12-9-13(2)29(28-12)16-8-7-15(17(10-16)23(24,25)26)11-27-22(31)21-14(3)20-18(30)5-4-6-19(20)32-21/h7-10H,4-6,11H2,1-3H3,(H,27,31). The molecule has 3 aromatic rings. The van der Waals surface area contributed by atoms with Crippen LogP contribution < -0.4 is 5.32 Å². The van der Waals surface area contributed by atoms with Gasteiger partial charge in [0.15, 0.2) is 11.5 Å². The van der Waals surface area contributed by atoms with Crippen molar-refractivity contribution in [2.45, 2.75) is 52.8 Å². The Morgan fingerprint density at radius 1 is 1.19 bits per heavy atom. The summed E-state index contributed by atoms with van der Waals surface area (Å²) in [5.74, 6) is -0.293. The van der Waals surface area contributed by atoms with Gasteiger partial charge in [0, 0.05) is 30.6 Å². The summed E-state index contributed by atoms with van der Waals surface area (Å²) in [5, 5.41) is 6.74. The molecule has 0 unspecified atom stereocenters. The highest BCUT2D eigenvalue weighted by Crippen LogP contribution is 2.34. The first-order valence-corrected chi connectivity index (χ1v) is 10.2. The minimum absolute atomic E-state index is 0.0296. The highest BCUT2D eigenvalue weighted by Gasteiger charge is 2.34. The van der Waals surface area contributed by atoms with Gasteiger partial charge in [-0.15, -0.1) is 0 Å². The molecular weight excluding hydrogens is 423 g/mol. The lowest BCUT2D eigenvalue weighted by atomic mass is 9.94. The van der Waals surface area contributed by atoms with Crippen LogP contribution in [0.15, 0.2) is 28.7 Å². The fraction of sp³-hybridized carbons (Fsp3) is 0.348. The van der Waals surface area contributed by atoms with Crippen LogP contribution in [-0.4, -0.2) is 21.5 Å². The van der Waals surface area contributed by atoms with E-state index in [9.17, 15) is 22.8 Å². The molecule has 0 aliphatic heterocycles. The van der Waals surface area contributed by atoms with Crippen LogP contribution in [-0.2, 0) is 19.1 Å². The Bertz CT molecular complexity index is 1220. The number of rotatable bonds is 4. The van der Waals surface area contributed by atoms with Crippen molar-refractivity contribution in [1.29, 1.82) is 0 Å². The number of furan rings is 1. The number of ketones is 1. The van der Waals surface area contributed by atoms with E-state index >= 15 is 0 Å². The minimum atomic E-state index is -4.61. The van der Waals surface area contributed by atoms with Gasteiger partial charge < -0.3 is 9.73 Å². The van der Waals surface area contributed by atoms with Crippen molar-refractivity contribution in [3.63, 3.8) is 0 Å². The van der Waals surface area contributed by atoms with Gasteiger partial charge in [0.1, 0.15) is 5.76 Å². The van der Waals surface area contributed by atoms with Gasteiger partial charge in [0.05, 0.1) is 22.5 Å². The van der Waals surface area contributed by atoms with Gasteiger partial charge in [-0.1, -0.05) is 6.07 Å². The number of nitrogens with one attached hydrogen (secondary N) is 1. The van der Waals surface area contributed by atoms with Crippen molar-refractivity contribution in [3.8, 4) is 5.69 Å². The maximum absolute atomic E-state index is 13.8. The van der Waals surface area contributed by atoms with E-state index in [2.05, 4.69) is 10.4 Å². The van der Waals surface area contributed by atoms with Crippen LogP contribution in [0.25, 0.3) is 5.69 Å². The molecule has 32 heavy (non-hydrogen) atoms. The van der Waals surface area contributed by atoms with Gasteiger partial charge in [-0.3, -0.25) is 9.59 Å². The van der Waals surface area contributed by atoms with Crippen LogP contribution in [0.1, 0.15) is 67.6 Å². The number of hydrogen-bond donors (Lipinski definition) is 1. The first kappa shape index (κ1) is 21.9. The zero-order valence-electron chi connectivity index (χ0n) is 17.9. The largest absolute Gasteiger partial charge is 0.455 e. The molecule has 1 amide bonds. The Kier molecular flexibility index (Phi) is 5.44. The summed E-state index contributed by atoms with van der Waals surface area (Å²) >= 11 is 0. The van der Waals surface area contributed by atoms with Gasteiger partial charge in [-0.05, 0) is 51.0 Å². The molecule has 0 saturated heterocycles. The summed E-state index contributed by atoms with van der Waals surface area (Å²) in [6.45, 7) is 4.80. The SMILES string of the molecule is Cc1cc(C)n(-c2ccc(CNC(=O)c3oc4c(c3C)C(=O)CCC4)c(C(F)(F)F)c2)n1. The van der Waals surface area contributed by atoms with Crippen molar-refractivity contribution in [2.75, 3.05) is 0 Å². The molecule has 0 saturated carbocycles. The second-order valence-electron chi connectivity index (χ2n) is 7.99. The van der Waals surface area contributed by atoms with Gasteiger partial charge in [-0.2, -0.15) is 18.3 Å². The Morgan fingerprint density at radius 3 is 2.56 bits per heavy atom. The molecule has 1 aliphatic carbocycles. The van der Waals surface area contributed by atoms with E-state index in [0.29, 0.717) is 47.5 Å². The van der Waals surface area contributed by atoms with Gasteiger partial charge in [0.2, 0.25) is 0 Å². The quantitative estimate of drug-likeness (QED) is 0.622. The van der Waals surface area contributed by atoms with E-state index in [1.54, 1.807) is 26.8 Å². The molecular formula is C23H22F3N3O3. The maximum Gasteiger partial charge on any atom is 0.416 e. The smallest absolute Gasteiger partial charge is 0.416 e. The molecule has 0 atom stereocenters. The summed E-state index contributed by atoms with van der Waals surface area (Å²) in [7, 11) is 0. The van der Waals surface area contributed by atoms with Crippen LogP contribution in [0, 0.1) is 20.8 Å². The molecule has 0 fully saturated rings. The van der Waals surface area contributed by atoms with Gasteiger partial charge in [0.25, 0.3) is 5.91 Å². The topological polar surface area (TPSA) is 77.1 Å². The van der Waals surface area contributed by atoms with Crippen molar-refractivity contribution in [3.05, 3.63) is 69.4 Å². The number of benzene rings is 1. The normalized spacial score (nSPS) is 13.9. The molecule has 2 aromatic heterocycles. The molecule has 0 bridgehead atoms. The zero-order valence-corrected chi connectivity index (χ0v) is 17.9. The number of alkyl halides is 3. The van der Waals surface area contributed by atoms with E-state index < -0.39 is 17.6 Å². The highest BCUT2D eigenvalue weighted by molar-refractivity contribution is 6.03. The van der Waals surface area contributed by atoms with E-state index in [0.717, 1.165) is 6.07 Å². The van der Waals surface area contributed by atoms with Crippen LogP contribution >= 0.6 is 0 Å². The number of fused-ring (bicyclic) bond motifs is 1. The number of aryl methyl sites for hydroxylation is 3. The van der Waals surface area contributed by atoms with Crippen LogP contribution in [0.2, 0.25) is 0 Å². The third-order valence-corrected chi connectivity index (χ3v) is 5.60. The molecule has 1 N–H and O–H groups in total. The summed E-state index contributed by atoms with van der Waals surface area (Å²) in [5.41, 5.74) is 1.61. The first-order chi connectivity index (χ1) is 15.1. The fourth-order valence-electron chi connectivity index (χ4n) is 4.13. The summed E-state index contributed by atoms with van der Waals surface area (Å²) in [4.78, 5) is 24.8. The molecule has 9 heteroatoms. The van der Waals surface area contributed by atoms with Crippen LogP contribution in [0.5, 0.6) is 0 Å². The Morgan fingerprint density at radius 2 is 1.94 bits per heavy atom. The average Bonchev–Trinajstić information content (AvgIpc) is 3.24. The molecule has 1 aliphatic rings. The van der Waals surface area contributed by atoms with E-state index in [1.807, 2.05) is 0 Å². The lowest BCUT2D eigenvalue weighted by molar-refractivity contribution is -0.138. The van der Waals surface area contributed by atoms with E-state index in [-0.39, 0.29) is 29.3 Å². The first-order valence-electron chi connectivity index (χ1n) is 10.2. The molecule has 1 aromatic carbocycles. The van der Waals surface area contributed by atoms with Gasteiger partial charge in [-0.25, -0.2) is 4.68 Å². The Balaban J connectivity index is 1.60. The number of nitrogens with zero attached hydrogens (tertiary/aromatic N) is 2. The third kappa shape index (κ3) is 3.94. The van der Waals surface area contributed by atoms with E-state index in [4.69, 9.17) is 4.42 Å². The third-order valence-electron chi connectivity index (χ3n) is 5.60. The number of Topliss-reactive ketones (excluding diaryl/α,β-unsaturated/α-hetero) is 1. The molecule has 168 valence electrons. The maximum atomic E-state index is 13.8. The Hall–Kier alpha value is -3.36. The van der Waals surface area contributed by atoms with E-state index in [1.165, 1.54) is 16.8 Å². The number of hydrogen-bond acceptors (Lipinski definition) is 4. The van der Waals surface area contributed by atoms with Crippen molar-refractivity contribution < 1.29 is 27.2 Å². The molecule has 4 rings (SSSR count). The van der Waals surface area contributed by atoms with Crippen LogP contribution in [0.4, 0.5) is 13.2 Å². The molecule has 0 radical (unpaired) electrons. The predicted octanol–water partition coefficient (Wildman–Crippen LogP) is 4.86. The molecule has 6 nitrogen and oxygen atoms in total. The predicted molar refractivity (Wildman–Crippen MR) is 110 cm³/mol. The molecule has 0 spiro atoms. The minimum Gasteiger partial charge on any atom is -0.455 e. The second kappa shape index (κ2) is 7.96. The van der Waals surface area contributed by atoms with Crippen molar-refractivity contribution in [2.24, 2.45) is 0 Å². The average molecular weight is 445 g/mol. The fourth-order valence-corrected chi connectivity index (χ4v) is 4.13. The second-order valence-corrected chi connectivity index (χ2v) is 7.99. The summed E-state index contributed by atoms with van der Waals surface area (Å²) in [6, 6.07) is 5.66. The number of aromatic nitrogens is 2. The monoisotopic (exact) mass is 445 g/mol. The van der Waals surface area contributed by atoms with Gasteiger partial charge >= 0.3 is 6.18 Å². The molecule has 2 heterocycles. The lowest BCUT2D eigenvalue weighted by Gasteiger charge is -2.15. The Labute approximate surface area is 182 Å². The van der Waals surface area contributed by atoms with Crippen LogP contribution in [0.3, 0.4) is 0 Å². The lowest BCUT2D eigenvalue weighted by Crippen LogP contribution is -2.25. The summed E-state index contributed by atoms with van der Waals surface area (Å²) < 4.78 is 48.3.